The van der Waals surface area contributed by atoms with Gasteiger partial charge in [0.25, 0.3) is 0 Å². The van der Waals surface area contributed by atoms with Gasteiger partial charge in [-0.3, -0.25) is 4.79 Å². The summed E-state index contributed by atoms with van der Waals surface area (Å²) in [6.45, 7) is 3.80. The molecule has 2 aromatic rings. The van der Waals surface area contributed by atoms with Gasteiger partial charge in [-0.15, -0.1) is 0 Å². The number of pyridine rings is 1. The fourth-order valence-electron chi connectivity index (χ4n) is 1.92. The zero-order chi connectivity index (χ0) is 12.4. The molecule has 4 nitrogen and oxygen atoms in total. The maximum absolute atomic E-state index is 10.9. The van der Waals surface area contributed by atoms with Crippen molar-refractivity contribution in [3.63, 3.8) is 0 Å². The molecule has 0 aliphatic rings. The molecule has 0 aliphatic carbocycles. The molecule has 0 N–H and O–H groups in total. The lowest BCUT2D eigenvalue weighted by atomic mass is 10.3. The van der Waals surface area contributed by atoms with Gasteiger partial charge in [0.05, 0.1) is 0 Å². The molecule has 0 aliphatic heterocycles. The van der Waals surface area contributed by atoms with Gasteiger partial charge in [-0.25, -0.2) is 4.98 Å². The van der Waals surface area contributed by atoms with Crippen LogP contribution in [-0.2, 0) is 0 Å². The van der Waals surface area contributed by atoms with Gasteiger partial charge in [0.1, 0.15) is 11.8 Å². The Balaban J connectivity index is 2.64. The highest BCUT2D eigenvalue weighted by Gasteiger charge is 2.10. The summed E-state index contributed by atoms with van der Waals surface area (Å²) in [5, 5.41) is 8.82. The van der Waals surface area contributed by atoms with Crippen molar-refractivity contribution >= 4 is 6.29 Å². The van der Waals surface area contributed by atoms with E-state index < -0.39 is 0 Å². The second kappa shape index (κ2) is 4.22. The van der Waals surface area contributed by atoms with Crippen molar-refractivity contribution in [1.82, 2.24) is 9.55 Å². The van der Waals surface area contributed by atoms with E-state index in [2.05, 4.69) is 4.98 Å². The number of carbonyl (C=O) groups is 1. The standard InChI is InChI=1S/C13H11N3O/c1-9-5-11(8-17)10(2)16(9)13-3-4-15-12(6-13)7-14/h3-6,8H,1-2H3. The van der Waals surface area contributed by atoms with E-state index in [-0.39, 0.29) is 0 Å². The van der Waals surface area contributed by atoms with E-state index in [0.29, 0.717) is 11.3 Å². The van der Waals surface area contributed by atoms with E-state index in [0.717, 1.165) is 23.4 Å². The second-order valence-electron chi connectivity index (χ2n) is 3.79. The number of hydrogen-bond donors (Lipinski definition) is 0. The Morgan fingerprint density at radius 3 is 2.76 bits per heavy atom. The molecule has 84 valence electrons. The Hall–Kier alpha value is -2.41. The average Bonchev–Trinajstić information content (AvgIpc) is 2.64. The second-order valence-corrected chi connectivity index (χ2v) is 3.79. The minimum absolute atomic E-state index is 0.364. The molecule has 17 heavy (non-hydrogen) atoms. The number of nitrogens with zero attached hydrogens (tertiary/aromatic N) is 3. The van der Waals surface area contributed by atoms with Crippen molar-refractivity contribution in [2.24, 2.45) is 0 Å². The Morgan fingerprint density at radius 2 is 2.18 bits per heavy atom. The van der Waals surface area contributed by atoms with E-state index in [4.69, 9.17) is 5.26 Å². The van der Waals surface area contributed by atoms with Gasteiger partial charge in [-0.2, -0.15) is 5.26 Å². The predicted molar refractivity (Wildman–Crippen MR) is 63.1 cm³/mol. The Kier molecular flexibility index (Phi) is 2.75. The average molecular weight is 225 g/mol. The van der Waals surface area contributed by atoms with Crippen molar-refractivity contribution in [1.29, 1.82) is 5.26 Å². The Bertz CT molecular complexity index is 620. The van der Waals surface area contributed by atoms with Crippen LogP contribution in [-0.4, -0.2) is 15.8 Å². The molecule has 0 saturated carbocycles. The summed E-state index contributed by atoms with van der Waals surface area (Å²) in [7, 11) is 0. The highest BCUT2D eigenvalue weighted by molar-refractivity contribution is 5.77. The summed E-state index contributed by atoms with van der Waals surface area (Å²) in [4.78, 5) is 14.8. The van der Waals surface area contributed by atoms with Crippen molar-refractivity contribution in [3.8, 4) is 11.8 Å². The summed E-state index contributed by atoms with van der Waals surface area (Å²) in [5.41, 5.74) is 3.70. The Labute approximate surface area is 99.1 Å². The molecule has 0 amide bonds. The molecule has 0 aromatic carbocycles. The van der Waals surface area contributed by atoms with E-state index in [1.165, 1.54) is 0 Å². The SMILES string of the molecule is Cc1cc(C=O)c(C)n1-c1ccnc(C#N)c1. The van der Waals surface area contributed by atoms with Crippen molar-refractivity contribution in [2.75, 3.05) is 0 Å². The summed E-state index contributed by atoms with van der Waals surface area (Å²) in [6, 6.07) is 7.35. The molecule has 0 bridgehead atoms. The maximum Gasteiger partial charge on any atom is 0.151 e. The van der Waals surface area contributed by atoms with Crippen LogP contribution in [0.1, 0.15) is 27.4 Å². The van der Waals surface area contributed by atoms with Crippen LogP contribution in [0.15, 0.2) is 24.4 Å². The minimum atomic E-state index is 0.364. The van der Waals surface area contributed by atoms with E-state index in [9.17, 15) is 4.79 Å². The number of rotatable bonds is 2. The van der Waals surface area contributed by atoms with Gasteiger partial charge in [0, 0.05) is 28.8 Å². The third kappa shape index (κ3) is 1.83. The molecule has 0 atom stereocenters. The van der Waals surface area contributed by atoms with E-state index in [1.54, 1.807) is 12.3 Å². The lowest BCUT2D eigenvalue weighted by molar-refractivity contribution is 0.112. The first-order valence-corrected chi connectivity index (χ1v) is 5.18. The molecule has 0 unspecified atom stereocenters. The lowest BCUT2D eigenvalue weighted by Gasteiger charge is -2.09. The number of aldehydes is 1. The van der Waals surface area contributed by atoms with Gasteiger partial charge in [-0.1, -0.05) is 0 Å². The van der Waals surface area contributed by atoms with Crippen molar-refractivity contribution in [3.05, 3.63) is 47.0 Å². The fraction of sp³-hybridized carbons (Fsp3) is 0.154. The zero-order valence-corrected chi connectivity index (χ0v) is 9.64. The van der Waals surface area contributed by atoms with Crippen LogP contribution in [0, 0.1) is 25.2 Å². The van der Waals surface area contributed by atoms with Crippen LogP contribution in [0.2, 0.25) is 0 Å². The quantitative estimate of drug-likeness (QED) is 0.736. The van der Waals surface area contributed by atoms with Gasteiger partial charge < -0.3 is 4.57 Å². The molecule has 2 rings (SSSR count). The summed E-state index contributed by atoms with van der Waals surface area (Å²) >= 11 is 0. The lowest BCUT2D eigenvalue weighted by Crippen LogP contribution is -2.00. The third-order valence-corrected chi connectivity index (χ3v) is 2.71. The third-order valence-electron chi connectivity index (χ3n) is 2.71. The van der Waals surface area contributed by atoms with E-state index in [1.807, 2.05) is 36.6 Å². The highest BCUT2D eigenvalue weighted by atomic mass is 16.1. The molecule has 0 radical (unpaired) electrons. The topological polar surface area (TPSA) is 58.7 Å². The minimum Gasteiger partial charge on any atom is -0.318 e. The molecular weight excluding hydrogens is 214 g/mol. The number of carbonyl (C=O) groups excluding carboxylic acids is 1. The van der Waals surface area contributed by atoms with E-state index >= 15 is 0 Å². The largest absolute Gasteiger partial charge is 0.318 e. The first-order chi connectivity index (χ1) is 8.17. The molecule has 0 spiro atoms. The van der Waals surface area contributed by atoms with Crippen LogP contribution < -0.4 is 0 Å². The van der Waals surface area contributed by atoms with Crippen LogP contribution in [0.5, 0.6) is 0 Å². The zero-order valence-electron chi connectivity index (χ0n) is 9.64. The Morgan fingerprint density at radius 1 is 1.41 bits per heavy atom. The van der Waals surface area contributed by atoms with Crippen LogP contribution in [0.4, 0.5) is 0 Å². The van der Waals surface area contributed by atoms with Gasteiger partial charge in [0.2, 0.25) is 0 Å². The predicted octanol–water partition coefficient (Wildman–Crippen LogP) is 2.17. The first kappa shape index (κ1) is 11.1. The molecular formula is C13H11N3O. The number of aromatic nitrogens is 2. The van der Waals surface area contributed by atoms with Crippen LogP contribution >= 0.6 is 0 Å². The monoisotopic (exact) mass is 225 g/mol. The molecule has 4 heteroatoms. The highest BCUT2D eigenvalue weighted by Crippen LogP contribution is 2.19. The van der Waals surface area contributed by atoms with Crippen molar-refractivity contribution < 1.29 is 4.79 Å². The maximum atomic E-state index is 10.9. The first-order valence-electron chi connectivity index (χ1n) is 5.18. The van der Waals surface area contributed by atoms with Crippen LogP contribution in [0.25, 0.3) is 5.69 Å². The number of hydrogen-bond acceptors (Lipinski definition) is 3. The summed E-state index contributed by atoms with van der Waals surface area (Å²) in [5.74, 6) is 0. The van der Waals surface area contributed by atoms with Gasteiger partial charge >= 0.3 is 0 Å². The molecule has 0 fully saturated rings. The summed E-state index contributed by atoms with van der Waals surface area (Å²) in [6.07, 6.45) is 2.43. The smallest absolute Gasteiger partial charge is 0.151 e. The number of aryl methyl sites for hydroxylation is 1. The van der Waals surface area contributed by atoms with Crippen LogP contribution in [0.3, 0.4) is 0 Å². The summed E-state index contributed by atoms with van der Waals surface area (Å²) < 4.78 is 1.94. The fourth-order valence-corrected chi connectivity index (χ4v) is 1.92. The molecule has 2 heterocycles. The van der Waals surface area contributed by atoms with Crippen molar-refractivity contribution in [2.45, 2.75) is 13.8 Å². The van der Waals surface area contributed by atoms with Gasteiger partial charge in [0.15, 0.2) is 6.29 Å². The molecule has 0 saturated heterocycles. The normalized spacial score (nSPS) is 9.94. The number of nitriles is 1. The molecule has 2 aromatic heterocycles. The van der Waals surface area contributed by atoms with Gasteiger partial charge in [-0.05, 0) is 32.0 Å².